The van der Waals surface area contributed by atoms with E-state index in [4.69, 9.17) is 0 Å². The molecular weight excluding hydrogens is 373 g/mol. The van der Waals surface area contributed by atoms with Gasteiger partial charge in [0.1, 0.15) is 0 Å². The molecule has 1 aliphatic heterocycles. The van der Waals surface area contributed by atoms with Crippen LogP contribution in [0.25, 0.3) is 0 Å². The maximum Gasteiger partial charge on any atom is 0.270 e. The summed E-state index contributed by atoms with van der Waals surface area (Å²) in [6, 6.07) is 5.11. The summed E-state index contributed by atoms with van der Waals surface area (Å²) < 4.78 is 0.842. The van der Waals surface area contributed by atoms with Crippen molar-refractivity contribution in [3.63, 3.8) is 0 Å². The van der Waals surface area contributed by atoms with Crippen LogP contribution in [0, 0.1) is 13.7 Å². The quantitative estimate of drug-likeness (QED) is 0.481. The molecule has 0 amide bonds. The van der Waals surface area contributed by atoms with Crippen molar-refractivity contribution in [3.8, 4) is 0 Å². The molecule has 0 aliphatic carbocycles. The summed E-state index contributed by atoms with van der Waals surface area (Å²) in [4.78, 5) is 14.6. The zero-order chi connectivity index (χ0) is 14.9. The summed E-state index contributed by atoms with van der Waals surface area (Å²) in [6.07, 6.45) is 0.386. The van der Waals surface area contributed by atoms with E-state index in [1.807, 2.05) is 14.1 Å². The van der Waals surface area contributed by atoms with Gasteiger partial charge in [-0.25, -0.2) is 0 Å². The van der Waals surface area contributed by atoms with Gasteiger partial charge < -0.3 is 14.9 Å². The standard InChI is InChI=1S/C13H18IN3O3/c1-15(2)7-10-5-11(18)8-16(10)13-4-3-9(17(19)20)6-12(13)14/h3-4,6,10-11,18H,5,7-8H2,1-2H3. The Balaban J connectivity index is 2.27. The molecule has 2 atom stereocenters. The number of halogens is 1. The number of β-amino-alcohol motifs (C(OH)–C–C–N with tert-alkyl or cyclic N) is 1. The van der Waals surface area contributed by atoms with E-state index in [-0.39, 0.29) is 22.8 Å². The van der Waals surface area contributed by atoms with Crippen LogP contribution in [-0.4, -0.2) is 54.3 Å². The van der Waals surface area contributed by atoms with Gasteiger partial charge in [0, 0.05) is 34.8 Å². The molecular formula is C13H18IN3O3. The smallest absolute Gasteiger partial charge is 0.270 e. The lowest BCUT2D eigenvalue weighted by Gasteiger charge is -2.29. The zero-order valence-corrected chi connectivity index (χ0v) is 13.6. The molecule has 1 aromatic carbocycles. The number of hydrogen-bond acceptors (Lipinski definition) is 5. The molecule has 1 heterocycles. The van der Waals surface area contributed by atoms with Crippen LogP contribution in [0.2, 0.25) is 0 Å². The number of benzene rings is 1. The van der Waals surface area contributed by atoms with E-state index in [1.165, 1.54) is 6.07 Å². The first-order chi connectivity index (χ1) is 9.38. The van der Waals surface area contributed by atoms with Gasteiger partial charge in [0.15, 0.2) is 0 Å². The Hall–Kier alpha value is -0.930. The Morgan fingerprint density at radius 1 is 1.55 bits per heavy atom. The summed E-state index contributed by atoms with van der Waals surface area (Å²) in [5, 5.41) is 20.7. The van der Waals surface area contributed by atoms with Gasteiger partial charge in [-0.05, 0) is 49.2 Å². The summed E-state index contributed by atoms with van der Waals surface area (Å²) >= 11 is 2.12. The second-order valence-electron chi connectivity index (χ2n) is 5.35. The highest BCUT2D eigenvalue weighted by Gasteiger charge is 2.32. The van der Waals surface area contributed by atoms with E-state index in [1.54, 1.807) is 12.1 Å². The van der Waals surface area contributed by atoms with Crippen molar-refractivity contribution in [2.45, 2.75) is 18.6 Å². The third-order valence-corrected chi connectivity index (χ3v) is 4.28. The molecule has 110 valence electrons. The van der Waals surface area contributed by atoms with Gasteiger partial charge in [-0.15, -0.1) is 0 Å². The molecule has 0 aromatic heterocycles. The topological polar surface area (TPSA) is 69.8 Å². The molecule has 20 heavy (non-hydrogen) atoms. The zero-order valence-electron chi connectivity index (χ0n) is 11.5. The highest BCUT2D eigenvalue weighted by Crippen LogP contribution is 2.32. The number of aliphatic hydroxyl groups is 1. The Kier molecular flexibility index (Phi) is 4.82. The minimum atomic E-state index is -0.387. The minimum Gasteiger partial charge on any atom is -0.391 e. The van der Waals surface area contributed by atoms with Gasteiger partial charge in [-0.2, -0.15) is 0 Å². The first-order valence-corrected chi connectivity index (χ1v) is 7.49. The van der Waals surface area contributed by atoms with Crippen molar-refractivity contribution in [1.29, 1.82) is 0 Å². The van der Waals surface area contributed by atoms with Crippen LogP contribution >= 0.6 is 22.6 Å². The van der Waals surface area contributed by atoms with Crippen molar-refractivity contribution < 1.29 is 10.0 Å². The fourth-order valence-corrected chi connectivity index (χ4v) is 3.43. The number of aliphatic hydroxyl groups excluding tert-OH is 1. The maximum atomic E-state index is 10.8. The maximum absolute atomic E-state index is 10.8. The molecule has 7 heteroatoms. The minimum absolute atomic E-state index is 0.0991. The molecule has 1 fully saturated rings. The Morgan fingerprint density at radius 2 is 2.25 bits per heavy atom. The van der Waals surface area contributed by atoms with Crippen LogP contribution in [0.15, 0.2) is 18.2 Å². The lowest BCUT2D eigenvalue weighted by Crippen LogP contribution is -2.38. The van der Waals surface area contributed by atoms with Crippen LogP contribution < -0.4 is 4.90 Å². The first kappa shape index (κ1) is 15.5. The van der Waals surface area contributed by atoms with Crippen molar-refractivity contribution in [1.82, 2.24) is 4.90 Å². The molecule has 2 unspecified atom stereocenters. The van der Waals surface area contributed by atoms with E-state index in [2.05, 4.69) is 32.4 Å². The van der Waals surface area contributed by atoms with Crippen LogP contribution in [0.3, 0.4) is 0 Å². The molecule has 0 saturated carbocycles. The number of rotatable bonds is 4. The van der Waals surface area contributed by atoms with Crippen LogP contribution in [-0.2, 0) is 0 Å². The largest absolute Gasteiger partial charge is 0.391 e. The van der Waals surface area contributed by atoms with Crippen molar-refractivity contribution >= 4 is 34.0 Å². The van der Waals surface area contributed by atoms with Gasteiger partial charge in [-0.1, -0.05) is 0 Å². The molecule has 0 bridgehead atoms. The highest BCUT2D eigenvalue weighted by atomic mass is 127. The van der Waals surface area contributed by atoms with Crippen molar-refractivity contribution in [3.05, 3.63) is 31.9 Å². The number of likely N-dealkylation sites (N-methyl/N-ethyl adjacent to an activating group) is 1. The predicted molar refractivity (Wildman–Crippen MR) is 86.1 cm³/mol. The molecule has 2 rings (SSSR count). The van der Waals surface area contributed by atoms with E-state index < -0.39 is 0 Å². The Bertz CT molecular complexity index is 510. The van der Waals surface area contributed by atoms with E-state index in [0.29, 0.717) is 6.54 Å². The first-order valence-electron chi connectivity index (χ1n) is 6.42. The fraction of sp³-hybridized carbons (Fsp3) is 0.538. The van der Waals surface area contributed by atoms with Crippen LogP contribution in [0.1, 0.15) is 6.42 Å². The Morgan fingerprint density at radius 3 is 2.80 bits per heavy atom. The number of non-ortho nitro benzene ring substituents is 1. The normalized spacial score (nSPS) is 22.6. The Labute approximate surface area is 131 Å². The third-order valence-electron chi connectivity index (χ3n) is 3.42. The number of anilines is 1. The number of nitro benzene ring substituents is 1. The second-order valence-corrected chi connectivity index (χ2v) is 6.51. The van der Waals surface area contributed by atoms with Gasteiger partial charge >= 0.3 is 0 Å². The van der Waals surface area contributed by atoms with Gasteiger partial charge in [0.2, 0.25) is 0 Å². The summed E-state index contributed by atoms with van der Waals surface area (Å²) in [5.74, 6) is 0. The summed E-state index contributed by atoms with van der Waals surface area (Å²) in [5.41, 5.74) is 1.06. The molecule has 1 aliphatic rings. The fourth-order valence-electron chi connectivity index (χ4n) is 2.62. The number of nitrogens with zero attached hydrogens (tertiary/aromatic N) is 3. The third kappa shape index (κ3) is 3.39. The van der Waals surface area contributed by atoms with Crippen molar-refractivity contribution in [2.75, 3.05) is 32.1 Å². The molecule has 0 spiro atoms. The van der Waals surface area contributed by atoms with Gasteiger partial charge in [0.25, 0.3) is 5.69 Å². The molecule has 1 saturated heterocycles. The SMILES string of the molecule is CN(C)CC1CC(O)CN1c1ccc([N+](=O)[O-])cc1I. The average Bonchev–Trinajstić information content (AvgIpc) is 2.68. The highest BCUT2D eigenvalue weighted by molar-refractivity contribution is 14.1. The van der Waals surface area contributed by atoms with E-state index >= 15 is 0 Å². The van der Waals surface area contributed by atoms with Crippen molar-refractivity contribution in [2.24, 2.45) is 0 Å². The second kappa shape index (κ2) is 6.23. The average molecular weight is 391 g/mol. The van der Waals surface area contributed by atoms with E-state index in [9.17, 15) is 15.2 Å². The lowest BCUT2D eigenvalue weighted by molar-refractivity contribution is -0.384. The van der Waals surface area contributed by atoms with Gasteiger partial charge in [-0.3, -0.25) is 10.1 Å². The molecule has 1 N–H and O–H groups in total. The number of nitro groups is 1. The van der Waals surface area contributed by atoms with E-state index in [0.717, 1.165) is 22.2 Å². The lowest BCUT2D eigenvalue weighted by atomic mass is 10.2. The van der Waals surface area contributed by atoms with Gasteiger partial charge in [0.05, 0.1) is 16.7 Å². The monoisotopic (exact) mass is 391 g/mol. The van der Waals surface area contributed by atoms with Crippen LogP contribution in [0.5, 0.6) is 0 Å². The summed E-state index contributed by atoms with van der Waals surface area (Å²) in [6.45, 7) is 1.43. The molecule has 0 radical (unpaired) electrons. The number of hydrogen-bond donors (Lipinski definition) is 1. The van der Waals surface area contributed by atoms with Crippen LogP contribution in [0.4, 0.5) is 11.4 Å². The summed E-state index contributed by atoms with van der Waals surface area (Å²) in [7, 11) is 4.01. The predicted octanol–water partition coefficient (Wildman–Crippen LogP) is 1.70. The molecule has 1 aromatic rings. The molecule has 6 nitrogen and oxygen atoms in total.